The van der Waals surface area contributed by atoms with Crippen LogP contribution in [0, 0.1) is 6.92 Å². The summed E-state index contributed by atoms with van der Waals surface area (Å²) >= 11 is 6.51. The van der Waals surface area contributed by atoms with Crippen molar-refractivity contribution in [3.63, 3.8) is 0 Å². The average molecular weight is 469 g/mol. The van der Waals surface area contributed by atoms with E-state index in [9.17, 15) is 14.7 Å². The van der Waals surface area contributed by atoms with Crippen LogP contribution in [0.3, 0.4) is 0 Å². The molecule has 0 spiro atoms. The van der Waals surface area contributed by atoms with Crippen molar-refractivity contribution in [1.82, 2.24) is 10.7 Å². The number of aryl methyl sites for hydroxylation is 1. The van der Waals surface area contributed by atoms with E-state index < -0.39 is 5.91 Å². The van der Waals surface area contributed by atoms with E-state index in [0.29, 0.717) is 15.6 Å². The van der Waals surface area contributed by atoms with Crippen molar-refractivity contribution in [2.45, 2.75) is 6.92 Å². The molecule has 0 heterocycles. The number of hydrogen-bond acceptors (Lipinski definition) is 4. The van der Waals surface area contributed by atoms with Crippen molar-refractivity contribution in [2.24, 2.45) is 5.10 Å². The lowest BCUT2D eigenvalue weighted by Crippen LogP contribution is -2.34. The number of amides is 2. The minimum Gasteiger partial charge on any atom is -0.506 e. The lowest BCUT2D eigenvalue weighted by molar-refractivity contribution is -0.120. The summed E-state index contributed by atoms with van der Waals surface area (Å²) in [5, 5.41) is 16.2. The molecule has 2 rings (SSSR count). The average Bonchev–Trinajstić information content (AvgIpc) is 2.57. The van der Waals surface area contributed by atoms with Crippen molar-refractivity contribution in [3.8, 4) is 5.75 Å². The monoisotopic (exact) mass is 467 g/mol. The highest BCUT2D eigenvalue weighted by Gasteiger charge is 2.08. The summed E-state index contributed by atoms with van der Waals surface area (Å²) in [6.07, 6.45) is 1.31. The number of carbonyl (C=O) groups is 2. The van der Waals surface area contributed by atoms with Gasteiger partial charge in [0.1, 0.15) is 5.75 Å². The highest BCUT2D eigenvalue weighted by Crippen LogP contribution is 2.30. The van der Waals surface area contributed by atoms with Crippen LogP contribution in [0.15, 0.2) is 50.4 Å². The number of aromatic hydroxyl groups is 1. The molecule has 6 nitrogen and oxygen atoms in total. The molecule has 0 aromatic heterocycles. The lowest BCUT2D eigenvalue weighted by Gasteiger charge is -2.05. The number of hydrazone groups is 1. The summed E-state index contributed by atoms with van der Waals surface area (Å²) in [4.78, 5) is 23.7. The van der Waals surface area contributed by atoms with E-state index in [0.717, 1.165) is 10.0 Å². The molecule has 3 N–H and O–H groups in total. The second kappa shape index (κ2) is 8.77. The Morgan fingerprint density at radius 3 is 2.72 bits per heavy atom. The molecule has 0 aliphatic rings. The molecule has 0 saturated carbocycles. The molecule has 0 bridgehead atoms. The molecule has 2 aromatic carbocycles. The molecule has 2 amide bonds. The Morgan fingerprint density at radius 2 is 2.00 bits per heavy atom. The topological polar surface area (TPSA) is 90.8 Å². The predicted octanol–water partition coefficient (Wildman–Crippen LogP) is 3.11. The number of benzene rings is 2. The van der Waals surface area contributed by atoms with Crippen LogP contribution in [0.5, 0.6) is 5.75 Å². The fourth-order valence-corrected chi connectivity index (χ4v) is 3.20. The first-order chi connectivity index (χ1) is 11.9. The first-order valence-corrected chi connectivity index (χ1v) is 8.80. The number of halogens is 2. The van der Waals surface area contributed by atoms with Gasteiger partial charge in [0, 0.05) is 15.6 Å². The van der Waals surface area contributed by atoms with Crippen LogP contribution >= 0.6 is 31.9 Å². The molecular formula is C17H15Br2N3O3. The van der Waals surface area contributed by atoms with E-state index in [1.54, 1.807) is 30.3 Å². The Hall–Kier alpha value is -2.19. The second-order valence-electron chi connectivity index (χ2n) is 5.17. The van der Waals surface area contributed by atoms with Gasteiger partial charge in [0.15, 0.2) is 0 Å². The van der Waals surface area contributed by atoms with Crippen molar-refractivity contribution >= 4 is 49.9 Å². The molecule has 8 heteroatoms. The van der Waals surface area contributed by atoms with Crippen LogP contribution in [0.2, 0.25) is 0 Å². The number of rotatable bonds is 5. The molecular weight excluding hydrogens is 454 g/mol. The molecule has 0 aliphatic carbocycles. The van der Waals surface area contributed by atoms with E-state index in [1.165, 1.54) is 6.21 Å². The minimum atomic E-state index is -0.481. The molecule has 0 unspecified atom stereocenters. The third-order valence-corrected chi connectivity index (χ3v) is 4.20. The van der Waals surface area contributed by atoms with Gasteiger partial charge in [0.25, 0.3) is 11.8 Å². The summed E-state index contributed by atoms with van der Waals surface area (Å²) in [6.45, 7) is 1.67. The first-order valence-electron chi connectivity index (χ1n) is 7.21. The van der Waals surface area contributed by atoms with Crippen LogP contribution in [-0.4, -0.2) is 29.7 Å². The number of hydrogen-bond donors (Lipinski definition) is 3. The van der Waals surface area contributed by atoms with Gasteiger partial charge in [0.2, 0.25) is 0 Å². The molecule has 0 atom stereocenters. The Kier molecular flexibility index (Phi) is 6.72. The normalized spacial score (nSPS) is 10.7. The molecule has 0 aliphatic heterocycles. The van der Waals surface area contributed by atoms with Gasteiger partial charge in [-0.05, 0) is 47.1 Å². The number of carbonyl (C=O) groups excluding carboxylic acids is 2. The Bertz CT molecular complexity index is 838. The zero-order chi connectivity index (χ0) is 18.4. The third kappa shape index (κ3) is 5.68. The SMILES string of the molecule is Cc1cccc(C(=O)NCC(=O)N/N=C\c2cc(Br)cc(Br)c2O)c1. The van der Waals surface area contributed by atoms with E-state index >= 15 is 0 Å². The Balaban J connectivity index is 1.88. The smallest absolute Gasteiger partial charge is 0.259 e. The van der Waals surface area contributed by atoms with Gasteiger partial charge in [-0.15, -0.1) is 0 Å². The van der Waals surface area contributed by atoms with Gasteiger partial charge in [-0.25, -0.2) is 5.43 Å². The van der Waals surface area contributed by atoms with Gasteiger partial charge < -0.3 is 10.4 Å². The van der Waals surface area contributed by atoms with Crippen molar-refractivity contribution in [2.75, 3.05) is 6.54 Å². The number of nitrogens with zero attached hydrogens (tertiary/aromatic N) is 1. The van der Waals surface area contributed by atoms with Crippen LogP contribution in [0.4, 0.5) is 0 Å². The maximum atomic E-state index is 11.9. The molecule has 2 aromatic rings. The van der Waals surface area contributed by atoms with E-state index in [4.69, 9.17) is 0 Å². The highest BCUT2D eigenvalue weighted by atomic mass is 79.9. The quantitative estimate of drug-likeness (QED) is 0.465. The van der Waals surface area contributed by atoms with E-state index in [1.807, 2.05) is 13.0 Å². The van der Waals surface area contributed by atoms with Crippen molar-refractivity contribution < 1.29 is 14.7 Å². The fourth-order valence-electron chi connectivity index (χ4n) is 1.95. The summed E-state index contributed by atoms with van der Waals surface area (Å²) < 4.78 is 1.25. The standard InChI is InChI=1S/C17H15Br2N3O3/c1-10-3-2-4-11(5-10)17(25)20-9-15(23)22-21-8-12-6-13(18)7-14(19)16(12)24/h2-8,24H,9H2,1H3,(H,20,25)(H,22,23)/b21-8-. The van der Waals surface area contributed by atoms with Gasteiger partial charge >= 0.3 is 0 Å². The molecule has 0 radical (unpaired) electrons. The summed E-state index contributed by atoms with van der Waals surface area (Å²) in [7, 11) is 0. The molecule has 130 valence electrons. The summed E-state index contributed by atoms with van der Waals surface area (Å²) in [5.74, 6) is -0.809. The van der Waals surface area contributed by atoms with Gasteiger partial charge in [-0.1, -0.05) is 33.6 Å². The predicted molar refractivity (Wildman–Crippen MR) is 103 cm³/mol. The van der Waals surface area contributed by atoms with Crippen molar-refractivity contribution in [1.29, 1.82) is 0 Å². The van der Waals surface area contributed by atoms with E-state index in [2.05, 4.69) is 47.7 Å². The fraction of sp³-hybridized carbons (Fsp3) is 0.118. The number of phenols is 1. The zero-order valence-electron chi connectivity index (χ0n) is 13.2. The maximum absolute atomic E-state index is 11.9. The molecule has 25 heavy (non-hydrogen) atoms. The number of nitrogens with one attached hydrogen (secondary N) is 2. The zero-order valence-corrected chi connectivity index (χ0v) is 16.4. The number of phenolic OH excluding ortho intramolecular Hbond substituents is 1. The largest absolute Gasteiger partial charge is 0.506 e. The highest BCUT2D eigenvalue weighted by molar-refractivity contribution is 9.11. The minimum absolute atomic E-state index is 0.00829. The maximum Gasteiger partial charge on any atom is 0.259 e. The first kappa shape index (κ1) is 19.1. The summed E-state index contributed by atoms with van der Waals surface area (Å²) in [5.41, 5.74) is 4.16. The summed E-state index contributed by atoms with van der Waals surface area (Å²) in [6, 6.07) is 10.4. The van der Waals surface area contributed by atoms with Gasteiger partial charge in [-0.2, -0.15) is 5.10 Å². The van der Waals surface area contributed by atoms with Crippen LogP contribution < -0.4 is 10.7 Å². The van der Waals surface area contributed by atoms with Gasteiger partial charge in [0.05, 0.1) is 17.2 Å². The second-order valence-corrected chi connectivity index (χ2v) is 6.94. The van der Waals surface area contributed by atoms with E-state index in [-0.39, 0.29) is 18.2 Å². The molecule has 0 saturated heterocycles. The van der Waals surface area contributed by atoms with Gasteiger partial charge in [-0.3, -0.25) is 9.59 Å². The Labute approximate surface area is 161 Å². The van der Waals surface area contributed by atoms with Crippen LogP contribution in [0.25, 0.3) is 0 Å². The molecule has 0 fully saturated rings. The van der Waals surface area contributed by atoms with Crippen LogP contribution in [-0.2, 0) is 4.79 Å². The lowest BCUT2D eigenvalue weighted by atomic mass is 10.1. The Morgan fingerprint density at radius 1 is 1.24 bits per heavy atom. The third-order valence-electron chi connectivity index (χ3n) is 3.14. The van der Waals surface area contributed by atoms with Crippen LogP contribution in [0.1, 0.15) is 21.5 Å². The van der Waals surface area contributed by atoms with Crippen molar-refractivity contribution in [3.05, 3.63) is 62.0 Å².